The quantitative estimate of drug-likeness (QED) is 0.782. The summed E-state index contributed by atoms with van der Waals surface area (Å²) < 4.78 is 4.81. The molecule has 2 aromatic rings. The summed E-state index contributed by atoms with van der Waals surface area (Å²) in [5, 5.41) is 15.8. The summed E-state index contributed by atoms with van der Waals surface area (Å²) in [7, 11) is 1.31. The number of rotatable bonds is 5. The molecule has 0 bridgehead atoms. The number of nitrogens with one attached hydrogen (secondary N) is 1. The maximum Gasteiger partial charge on any atom is 0.410 e. The van der Waals surface area contributed by atoms with Gasteiger partial charge in [-0.1, -0.05) is 42.5 Å². The summed E-state index contributed by atoms with van der Waals surface area (Å²) in [6.45, 7) is 2.26. The molecular weight excluding hydrogens is 380 g/mol. The summed E-state index contributed by atoms with van der Waals surface area (Å²) in [5.74, 6) is 0.328. The van der Waals surface area contributed by atoms with Crippen molar-refractivity contribution in [3.05, 3.63) is 48.0 Å². The molecular formula is C24H30N2O4. The van der Waals surface area contributed by atoms with Crippen molar-refractivity contribution >= 4 is 22.8 Å². The fourth-order valence-electron chi connectivity index (χ4n) is 5.34. The predicted molar refractivity (Wildman–Crippen MR) is 115 cm³/mol. The summed E-state index contributed by atoms with van der Waals surface area (Å²) in [6, 6.07) is 14.1. The number of carboxylic acid groups (broad SMARTS) is 1. The molecule has 1 saturated carbocycles. The molecule has 30 heavy (non-hydrogen) atoms. The first-order valence-electron chi connectivity index (χ1n) is 10.8. The third-order valence-corrected chi connectivity index (χ3v) is 6.90. The molecule has 4 atom stereocenters. The van der Waals surface area contributed by atoms with Gasteiger partial charge in [-0.15, -0.1) is 0 Å². The number of carbonyl (C=O) groups is 2. The maximum absolute atomic E-state index is 12.0. The number of hydrogen-bond acceptors (Lipinski definition) is 4. The van der Waals surface area contributed by atoms with Crippen LogP contribution in [0.5, 0.6) is 0 Å². The van der Waals surface area contributed by atoms with Crippen molar-refractivity contribution in [2.24, 2.45) is 17.8 Å². The first-order chi connectivity index (χ1) is 14.6. The number of aliphatic carboxylic acids is 1. The number of methoxy groups -OCH3 is 1. The van der Waals surface area contributed by atoms with E-state index < -0.39 is 18.1 Å². The molecule has 2 aliphatic rings. The molecule has 2 aromatic carbocycles. The Labute approximate surface area is 177 Å². The molecule has 6 nitrogen and oxygen atoms in total. The molecule has 0 spiro atoms. The van der Waals surface area contributed by atoms with Gasteiger partial charge in [0.15, 0.2) is 0 Å². The lowest BCUT2D eigenvalue weighted by Crippen LogP contribution is -2.54. The van der Waals surface area contributed by atoms with Crippen LogP contribution < -0.4 is 5.32 Å². The van der Waals surface area contributed by atoms with Crippen LogP contribution in [-0.2, 0) is 16.1 Å². The van der Waals surface area contributed by atoms with Gasteiger partial charge in [0.05, 0.1) is 7.11 Å². The lowest BCUT2D eigenvalue weighted by Gasteiger charge is -2.45. The van der Waals surface area contributed by atoms with Gasteiger partial charge in [0.25, 0.3) is 0 Å². The normalized spacial score (nSPS) is 26.2. The minimum absolute atomic E-state index is 0.352. The Hall–Kier alpha value is -2.60. The highest BCUT2D eigenvalue weighted by Gasteiger charge is 2.44. The molecule has 0 aromatic heterocycles. The van der Waals surface area contributed by atoms with Crippen LogP contribution in [0, 0.1) is 17.8 Å². The Balaban J connectivity index is 1.34. The monoisotopic (exact) mass is 410 g/mol. The Kier molecular flexibility index (Phi) is 6.23. The number of carboxylic acids is 1. The van der Waals surface area contributed by atoms with Gasteiger partial charge in [0.2, 0.25) is 0 Å². The van der Waals surface area contributed by atoms with E-state index in [1.807, 2.05) is 0 Å². The zero-order chi connectivity index (χ0) is 21.1. The minimum Gasteiger partial charge on any atom is -0.480 e. The Morgan fingerprint density at radius 3 is 2.70 bits per heavy atom. The third-order valence-electron chi connectivity index (χ3n) is 6.90. The van der Waals surface area contributed by atoms with Crippen molar-refractivity contribution in [3.8, 4) is 0 Å². The number of piperidine rings is 1. The minimum atomic E-state index is -0.935. The lowest BCUT2D eigenvalue weighted by atomic mass is 9.69. The Morgan fingerprint density at radius 2 is 1.90 bits per heavy atom. The van der Waals surface area contributed by atoms with Gasteiger partial charge < -0.3 is 15.2 Å². The van der Waals surface area contributed by atoms with E-state index in [2.05, 4.69) is 47.8 Å². The van der Waals surface area contributed by atoms with E-state index in [4.69, 9.17) is 4.74 Å². The summed E-state index contributed by atoms with van der Waals surface area (Å²) in [4.78, 5) is 25.1. The number of nitrogens with zero attached hydrogens (tertiary/aromatic N) is 1. The van der Waals surface area contributed by atoms with E-state index in [9.17, 15) is 14.7 Å². The largest absolute Gasteiger partial charge is 0.480 e. The van der Waals surface area contributed by atoms with Crippen LogP contribution in [0.25, 0.3) is 10.8 Å². The van der Waals surface area contributed by atoms with Gasteiger partial charge in [-0.25, -0.2) is 9.59 Å². The van der Waals surface area contributed by atoms with Crippen LogP contribution in [0.4, 0.5) is 4.79 Å². The SMILES string of the molecule is COC(=O)N1C[C@@H]2CCC(CNCc3cccc4ccccc34)CC2CC1C(=O)O. The van der Waals surface area contributed by atoms with E-state index in [1.165, 1.54) is 28.3 Å². The van der Waals surface area contributed by atoms with Crippen molar-refractivity contribution in [1.82, 2.24) is 10.2 Å². The molecule has 0 radical (unpaired) electrons. The number of ether oxygens (including phenoxy) is 1. The van der Waals surface area contributed by atoms with E-state index in [0.29, 0.717) is 30.7 Å². The summed E-state index contributed by atoms with van der Waals surface area (Å²) in [5.41, 5.74) is 1.30. The molecule has 160 valence electrons. The predicted octanol–water partition coefficient (Wildman–Crippen LogP) is 3.89. The van der Waals surface area contributed by atoms with Crippen LogP contribution in [0.1, 0.15) is 31.2 Å². The van der Waals surface area contributed by atoms with Gasteiger partial charge in [-0.2, -0.15) is 0 Å². The molecule has 2 fully saturated rings. The van der Waals surface area contributed by atoms with Crippen LogP contribution in [0.3, 0.4) is 0 Å². The summed E-state index contributed by atoms with van der Waals surface area (Å²) in [6.07, 6.45) is 3.15. The number of likely N-dealkylation sites (tertiary alicyclic amines) is 1. The standard InChI is InChI=1S/C24H30N2O4/c1-30-24(29)26-15-19-10-9-16(11-20(19)12-22(26)23(27)28)13-25-14-18-7-4-6-17-5-2-3-8-21(17)18/h2-8,16,19-20,22,25H,9-15H2,1H3,(H,27,28)/t16?,19-,20?,22?/m0/s1. The molecule has 1 aliphatic carbocycles. The van der Waals surface area contributed by atoms with Gasteiger partial charge >= 0.3 is 12.1 Å². The molecule has 6 heteroatoms. The lowest BCUT2D eigenvalue weighted by molar-refractivity contribution is -0.146. The van der Waals surface area contributed by atoms with E-state index >= 15 is 0 Å². The topological polar surface area (TPSA) is 78.9 Å². The van der Waals surface area contributed by atoms with Gasteiger partial charge in [-0.05, 0) is 66.3 Å². The average molecular weight is 411 g/mol. The highest BCUT2D eigenvalue weighted by molar-refractivity contribution is 5.85. The molecule has 1 amide bonds. The summed E-state index contributed by atoms with van der Waals surface area (Å²) >= 11 is 0. The van der Waals surface area contributed by atoms with Crippen molar-refractivity contribution in [2.45, 2.75) is 38.3 Å². The second kappa shape index (κ2) is 9.04. The highest BCUT2D eigenvalue weighted by atomic mass is 16.5. The van der Waals surface area contributed by atoms with Crippen LogP contribution >= 0.6 is 0 Å². The van der Waals surface area contributed by atoms with E-state index in [-0.39, 0.29) is 0 Å². The second-order valence-corrected chi connectivity index (χ2v) is 8.68. The number of hydrogen-bond donors (Lipinski definition) is 2. The Morgan fingerprint density at radius 1 is 1.10 bits per heavy atom. The molecule has 3 unspecified atom stereocenters. The van der Waals surface area contributed by atoms with Crippen LogP contribution in [-0.4, -0.2) is 48.3 Å². The first-order valence-corrected chi connectivity index (χ1v) is 10.8. The fourth-order valence-corrected chi connectivity index (χ4v) is 5.34. The molecule has 1 heterocycles. The van der Waals surface area contributed by atoms with Gasteiger partial charge in [0.1, 0.15) is 6.04 Å². The van der Waals surface area contributed by atoms with E-state index in [1.54, 1.807) is 0 Å². The number of carbonyl (C=O) groups excluding carboxylic acids is 1. The molecule has 4 rings (SSSR count). The molecule has 1 aliphatic heterocycles. The smallest absolute Gasteiger partial charge is 0.410 e. The van der Waals surface area contributed by atoms with E-state index in [0.717, 1.165) is 32.4 Å². The number of fused-ring (bicyclic) bond motifs is 2. The maximum atomic E-state index is 12.0. The van der Waals surface area contributed by atoms with Gasteiger partial charge in [-0.3, -0.25) is 4.90 Å². The van der Waals surface area contributed by atoms with Crippen LogP contribution in [0.15, 0.2) is 42.5 Å². The van der Waals surface area contributed by atoms with Gasteiger partial charge in [0, 0.05) is 13.1 Å². The Bertz CT molecular complexity index is 910. The van der Waals surface area contributed by atoms with Crippen molar-refractivity contribution in [2.75, 3.05) is 20.2 Å². The zero-order valence-electron chi connectivity index (χ0n) is 17.4. The van der Waals surface area contributed by atoms with Crippen molar-refractivity contribution in [1.29, 1.82) is 0 Å². The number of amides is 1. The second-order valence-electron chi connectivity index (χ2n) is 8.68. The number of benzene rings is 2. The molecule has 2 N–H and O–H groups in total. The third kappa shape index (κ3) is 4.29. The fraction of sp³-hybridized carbons (Fsp3) is 0.500. The molecule has 1 saturated heterocycles. The van der Waals surface area contributed by atoms with Crippen molar-refractivity contribution in [3.63, 3.8) is 0 Å². The zero-order valence-corrected chi connectivity index (χ0v) is 17.4. The van der Waals surface area contributed by atoms with Crippen molar-refractivity contribution < 1.29 is 19.4 Å². The first kappa shape index (κ1) is 20.7. The average Bonchev–Trinajstić information content (AvgIpc) is 2.77. The highest BCUT2D eigenvalue weighted by Crippen LogP contribution is 2.41. The van der Waals surface area contributed by atoms with Crippen LogP contribution in [0.2, 0.25) is 0 Å².